The first-order chi connectivity index (χ1) is 38.2. The molecule has 4 heterocycles. The molecule has 4 aromatic heterocycles. The Bertz CT molecular complexity index is 4930. The summed E-state index contributed by atoms with van der Waals surface area (Å²) in [6.07, 6.45) is 0. The van der Waals surface area contributed by atoms with E-state index >= 15 is 0 Å². The first-order valence-electron chi connectivity index (χ1n) is 26.3. The van der Waals surface area contributed by atoms with Crippen molar-refractivity contribution in [3.63, 3.8) is 0 Å². The molecule has 0 saturated heterocycles. The van der Waals surface area contributed by atoms with Gasteiger partial charge in [-0.25, -0.2) is 0 Å². The molecule has 0 aliphatic carbocycles. The van der Waals surface area contributed by atoms with Crippen LogP contribution < -0.4 is 4.90 Å². The van der Waals surface area contributed by atoms with Crippen molar-refractivity contribution in [2.45, 2.75) is 0 Å². The Kier molecular flexibility index (Phi) is 9.57. The zero-order valence-corrected chi connectivity index (χ0v) is 41.8. The molecule has 0 spiro atoms. The summed E-state index contributed by atoms with van der Waals surface area (Å²) in [5.41, 5.74) is 20.1. The third-order valence-corrected chi connectivity index (χ3v) is 15.8. The summed E-state index contributed by atoms with van der Waals surface area (Å²) in [5, 5.41) is 9.46. The molecular formula is C72H46N4O. The fourth-order valence-corrected chi connectivity index (χ4v) is 12.4. The number of anilines is 3. The molecule has 16 aromatic rings. The van der Waals surface area contributed by atoms with Gasteiger partial charge < -0.3 is 23.0 Å². The Morgan fingerprint density at radius 1 is 0.247 bits per heavy atom. The summed E-state index contributed by atoms with van der Waals surface area (Å²) in [4.78, 5) is 2.34. The van der Waals surface area contributed by atoms with E-state index < -0.39 is 0 Å². The van der Waals surface area contributed by atoms with E-state index in [1.54, 1.807) is 0 Å². The third-order valence-electron chi connectivity index (χ3n) is 15.8. The van der Waals surface area contributed by atoms with Crippen molar-refractivity contribution in [3.8, 4) is 39.3 Å². The number of para-hydroxylation sites is 4. The minimum Gasteiger partial charge on any atom is -0.456 e. The molecule has 5 heteroatoms. The molecule has 0 aliphatic heterocycles. The predicted octanol–water partition coefficient (Wildman–Crippen LogP) is 19.7. The maximum absolute atomic E-state index is 6.33. The van der Waals surface area contributed by atoms with Gasteiger partial charge in [0.05, 0.1) is 33.1 Å². The van der Waals surface area contributed by atoms with Crippen molar-refractivity contribution in [2.75, 3.05) is 4.90 Å². The molecule has 0 fully saturated rings. The molecule has 12 aromatic carbocycles. The van der Waals surface area contributed by atoms with E-state index in [-0.39, 0.29) is 0 Å². The van der Waals surface area contributed by atoms with E-state index in [2.05, 4.69) is 292 Å². The number of furan rings is 1. The molecule has 0 radical (unpaired) electrons. The third kappa shape index (κ3) is 6.67. The topological polar surface area (TPSA) is 31.2 Å². The van der Waals surface area contributed by atoms with Crippen LogP contribution in [0, 0.1) is 0 Å². The Morgan fingerprint density at radius 2 is 0.649 bits per heavy atom. The van der Waals surface area contributed by atoms with Gasteiger partial charge in [0.2, 0.25) is 0 Å². The van der Waals surface area contributed by atoms with E-state index in [0.717, 1.165) is 78.1 Å². The lowest BCUT2D eigenvalue weighted by Crippen LogP contribution is -2.10. The van der Waals surface area contributed by atoms with Gasteiger partial charge in [-0.05, 0) is 131 Å². The number of benzene rings is 12. The summed E-state index contributed by atoms with van der Waals surface area (Å²) in [6.45, 7) is 0. The quantitative estimate of drug-likeness (QED) is 0.152. The molecule has 0 unspecified atom stereocenters. The van der Waals surface area contributed by atoms with Crippen molar-refractivity contribution in [1.82, 2.24) is 13.7 Å². The monoisotopic (exact) mass is 982 g/mol. The minimum atomic E-state index is 0.885. The van der Waals surface area contributed by atoms with E-state index in [1.807, 2.05) is 6.07 Å². The Hall–Kier alpha value is -10.4. The molecule has 0 atom stereocenters. The van der Waals surface area contributed by atoms with E-state index in [9.17, 15) is 0 Å². The fraction of sp³-hybridized carbons (Fsp3) is 0. The number of hydrogen-bond donors (Lipinski definition) is 0. The molecular weight excluding hydrogens is 937 g/mol. The van der Waals surface area contributed by atoms with Crippen LogP contribution in [0.15, 0.2) is 283 Å². The van der Waals surface area contributed by atoms with Crippen molar-refractivity contribution in [2.24, 2.45) is 0 Å². The summed E-state index contributed by atoms with van der Waals surface area (Å²) in [7, 11) is 0. The van der Waals surface area contributed by atoms with Crippen molar-refractivity contribution < 1.29 is 4.42 Å². The lowest BCUT2D eigenvalue weighted by atomic mass is 10.0. The Labute approximate surface area is 443 Å². The highest BCUT2D eigenvalue weighted by atomic mass is 16.3. The normalized spacial score (nSPS) is 11.9. The fourth-order valence-electron chi connectivity index (χ4n) is 12.4. The second-order valence-corrected chi connectivity index (χ2v) is 20.0. The molecule has 360 valence electrons. The SMILES string of the molecule is c1ccc(-c2ccc(N(c3ccccc3)c3ccc(-n4c5ccccc5c5c4ccc4c6ccc7c(c8ccccc8n7-c7ccc8oc9ccccc9c8c7)c6n(-c6ccc(-c7ccccc7)cc6)c45)cc3)cc2)cc1. The largest absolute Gasteiger partial charge is 0.456 e. The van der Waals surface area contributed by atoms with Crippen LogP contribution in [0.5, 0.6) is 0 Å². The number of nitrogens with zero attached hydrogens (tertiary/aromatic N) is 4. The van der Waals surface area contributed by atoms with E-state index in [1.165, 1.54) is 65.6 Å². The van der Waals surface area contributed by atoms with Crippen LogP contribution in [0.1, 0.15) is 0 Å². The minimum absolute atomic E-state index is 0.885. The van der Waals surface area contributed by atoms with Crippen molar-refractivity contribution in [1.29, 1.82) is 0 Å². The highest BCUT2D eigenvalue weighted by molar-refractivity contribution is 6.31. The summed E-state index contributed by atoms with van der Waals surface area (Å²) in [5.74, 6) is 0. The highest BCUT2D eigenvalue weighted by Gasteiger charge is 2.25. The average Bonchev–Trinajstić information content (AvgIpc) is 4.16. The van der Waals surface area contributed by atoms with Gasteiger partial charge in [0.25, 0.3) is 0 Å². The van der Waals surface area contributed by atoms with Crippen LogP contribution in [0.2, 0.25) is 0 Å². The van der Waals surface area contributed by atoms with Gasteiger partial charge in [-0.2, -0.15) is 0 Å². The number of fused-ring (bicyclic) bond motifs is 14. The van der Waals surface area contributed by atoms with Crippen LogP contribution in [-0.4, -0.2) is 13.7 Å². The summed E-state index contributed by atoms with van der Waals surface area (Å²) < 4.78 is 13.8. The summed E-state index contributed by atoms with van der Waals surface area (Å²) in [6, 6.07) is 101. The first kappa shape index (κ1) is 43.1. The first-order valence-corrected chi connectivity index (χ1v) is 26.3. The number of hydrogen-bond acceptors (Lipinski definition) is 2. The lowest BCUT2D eigenvalue weighted by molar-refractivity contribution is 0.669. The zero-order valence-electron chi connectivity index (χ0n) is 41.8. The highest BCUT2D eigenvalue weighted by Crippen LogP contribution is 2.47. The van der Waals surface area contributed by atoms with Crippen LogP contribution in [-0.2, 0) is 0 Å². The lowest BCUT2D eigenvalue weighted by Gasteiger charge is -2.26. The van der Waals surface area contributed by atoms with Crippen LogP contribution >= 0.6 is 0 Å². The maximum Gasteiger partial charge on any atom is 0.135 e. The second kappa shape index (κ2) is 17.1. The number of rotatable bonds is 8. The van der Waals surface area contributed by atoms with E-state index in [0.29, 0.717) is 0 Å². The molecule has 0 aliphatic rings. The maximum atomic E-state index is 6.33. The van der Waals surface area contributed by atoms with E-state index in [4.69, 9.17) is 4.42 Å². The smallest absolute Gasteiger partial charge is 0.135 e. The molecule has 77 heavy (non-hydrogen) atoms. The van der Waals surface area contributed by atoms with Gasteiger partial charge >= 0.3 is 0 Å². The van der Waals surface area contributed by atoms with Gasteiger partial charge in [-0.15, -0.1) is 0 Å². The van der Waals surface area contributed by atoms with Gasteiger partial charge in [-0.1, -0.05) is 170 Å². The molecule has 0 bridgehead atoms. The summed E-state index contributed by atoms with van der Waals surface area (Å²) >= 11 is 0. The molecule has 16 rings (SSSR count). The van der Waals surface area contributed by atoms with Gasteiger partial charge in [0, 0.05) is 77.2 Å². The molecule has 5 nitrogen and oxygen atoms in total. The zero-order chi connectivity index (χ0) is 50.6. The van der Waals surface area contributed by atoms with Gasteiger partial charge in [-0.3, -0.25) is 0 Å². The molecule has 0 saturated carbocycles. The predicted molar refractivity (Wildman–Crippen MR) is 322 cm³/mol. The van der Waals surface area contributed by atoms with Crippen molar-refractivity contribution >= 4 is 104 Å². The Morgan fingerprint density at radius 3 is 1.23 bits per heavy atom. The van der Waals surface area contributed by atoms with Crippen LogP contribution in [0.4, 0.5) is 17.1 Å². The van der Waals surface area contributed by atoms with Crippen LogP contribution in [0.25, 0.3) is 127 Å². The van der Waals surface area contributed by atoms with Crippen molar-refractivity contribution in [3.05, 3.63) is 279 Å². The molecule has 0 N–H and O–H groups in total. The van der Waals surface area contributed by atoms with Gasteiger partial charge in [0.15, 0.2) is 0 Å². The second-order valence-electron chi connectivity index (χ2n) is 20.0. The Balaban J connectivity index is 0.930. The van der Waals surface area contributed by atoms with Gasteiger partial charge in [0.1, 0.15) is 11.2 Å². The average molecular weight is 983 g/mol. The van der Waals surface area contributed by atoms with Crippen LogP contribution in [0.3, 0.4) is 0 Å². The number of aromatic nitrogens is 3. The standard InChI is InChI=1S/C72H46N4O/c1-4-16-47(17-5-1)49-28-32-52(33-29-49)73(51-20-8-3-9-21-51)53-36-38-54(39-37-53)74-63-25-13-10-23-60(63)69-65(74)43-41-58-59-42-44-66-70(72(59)76(71(58)69)55-34-30-50(31-35-55)48-18-6-2-7-19-48)61-24-11-14-26-64(61)75(66)56-40-45-68-62(46-56)57-22-12-15-27-67(57)77-68/h1-46H. The molecule has 0 amide bonds.